The summed E-state index contributed by atoms with van der Waals surface area (Å²) in [5.41, 5.74) is -0.731. The number of hydrogen-bond acceptors (Lipinski definition) is 5. The lowest BCUT2D eigenvalue weighted by atomic mass is 9.84. The fourth-order valence-electron chi connectivity index (χ4n) is 5.13. The maximum atomic E-state index is 12.9. The van der Waals surface area contributed by atoms with E-state index in [2.05, 4.69) is 6.92 Å². The van der Waals surface area contributed by atoms with Crippen LogP contribution in [0.15, 0.2) is 27.1 Å². The lowest BCUT2D eigenvalue weighted by Gasteiger charge is -2.29. The fraction of sp³-hybridized carbons (Fsp3) is 0.696. The number of rotatable bonds is 7. The van der Waals surface area contributed by atoms with Gasteiger partial charge in [0.2, 0.25) is 0 Å². The molecule has 2 aliphatic heterocycles. The van der Waals surface area contributed by atoms with Crippen molar-refractivity contribution in [3.05, 3.63) is 39.6 Å². The molecule has 0 radical (unpaired) electrons. The van der Waals surface area contributed by atoms with Gasteiger partial charge >= 0.3 is 5.63 Å². The summed E-state index contributed by atoms with van der Waals surface area (Å²) >= 11 is 0. The predicted molar refractivity (Wildman–Crippen MR) is 106 cm³/mol. The molecule has 0 amide bonds. The van der Waals surface area contributed by atoms with Crippen LogP contribution in [-0.4, -0.2) is 18.3 Å². The highest BCUT2D eigenvalue weighted by atomic mass is 16.5. The third-order valence-electron chi connectivity index (χ3n) is 6.74. The average molecular weight is 389 g/mol. The molecule has 5 heteroatoms. The van der Waals surface area contributed by atoms with Crippen LogP contribution in [0.5, 0.6) is 5.75 Å². The third-order valence-corrected chi connectivity index (χ3v) is 6.74. The van der Waals surface area contributed by atoms with Crippen LogP contribution in [0.2, 0.25) is 0 Å². The van der Waals surface area contributed by atoms with Gasteiger partial charge in [-0.2, -0.15) is 0 Å². The molecule has 1 aromatic heterocycles. The molecule has 3 heterocycles. The minimum absolute atomic E-state index is 0.0182. The molecule has 3 aliphatic rings. The van der Waals surface area contributed by atoms with E-state index >= 15 is 0 Å². The zero-order valence-electron chi connectivity index (χ0n) is 17.1. The molecule has 1 atom stereocenters. The first-order valence-electron chi connectivity index (χ1n) is 10.8. The van der Waals surface area contributed by atoms with Crippen LogP contribution in [0, 0.1) is 11.3 Å². The summed E-state index contributed by atoms with van der Waals surface area (Å²) in [6, 6.07) is 1.66. The Morgan fingerprint density at radius 3 is 2.57 bits per heavy atom. The normalized spacial score (nSPS) is 26.7. The molecule has 28 heavy (non-hydrogen) atoms. The van der Waals surface area contributed by atoms with Crippen molar-refractivity contribution in [3.63, 3.8) is 0 Å². The monoisotopic (exact) mass is 388 g/mol. The Balaban J connectivity index is 1.54. The highest BCUT2D eigenvalue weighted by molar-refractivity contribution is 5.37. The Labute approximate surface area is 166 Å². The molecular formula is C23H32O5. The van der Waals surface area contributed by atoms with Crippen molar-refractivity contribution < 1.29 is 19.0 Å². The maximum Gasteiger partial charge on any atom is 0.346 e. The summed E-state index contributed by atoms with van der Waals surface area (Å²) in [6.45, 7) is 5.66. The largest absolute Gasteiger partial charge is 0.507 e. The van der Waals surface area contributed by atoms with E-state index in [1.807, 2.05) is 13.0 Å². The van der Waals surface area contributed by atoms with Crippen LogP contribution in [0.25, 0.3) is 0 Å². The minimum atomic E-state index is -0.790. The first-order valence-corrected chi connectivity index (χ1v) is 10.8. The van der Waals surface area contributed by atoms with E-state index in [1.165, 1.54) is 12.8 Å². The summed E-state index contributed by atoms with van der Waals surface area (Å²) in [7, 11) is 0. The lowest BCUT2D eigenvalue weighted by molar-refractivity contribution is 0.00889. The van der Waals surface area contributed by atoms with Crippen molar-refractivity contribution in [1.29, 1.82) is 0 Å². The zero-order valence-corrected chi connectivity index (χ0v) is 17.1. The van der Waals surface area contributed by atoms with E-state index in [9.17, 15) is 9.90 Å². The first kappa shape index (κ1) is 19.6. The number of aromatic hydroxyl groups is 1. The second-order valence-corrected chi connectivity index (χ2v) is 9.06. The van der Waals surface area contributed by atoms with Gasteiger partial charge in [-0.1, -0.05) is 13.3 Å². The fourth-order valence-corrected chi connectivity index (χ4v) is 5.13. The second kappa shape index (κ2) is 7.58. The predicted octanol–water partition coefficient (Wildman–Crippen LogP) is 4.80. The van der Waals surface area contributed by atoms with Gasteiger partial charge in [-0.05, 0) is 62.9 Å². The van der Waals surface area contributed by atoms with Gasteiger partial charge in [-0.25, -0.2) is 4.79 Å². The van der Waals surface area contributed by atoms with Gasteiger partial charge in [0.25, 0.3) is 0 Å². The van der Waals surface area contributed by atoms with E-state index in [0.717, 1.165) is 51.1 Å². The Kier molecular flexibility index (Phi) is 5.30. The maximum absolute atomic E-state index is 12.9. The van der Waals surface area contributed by atoms with Gasteiger partial charge in [0.05, 0.1) is 5.76 Å². The molecule has 2 fully saturated rings. The molecule has 1 unspecified atom stereocenters. The van der Waals surface area contributed by atoms with Crippen LogP contribution in [0.3, 0.4) is 0 Å². The third kappa shape index (κ3) is 3.86. The lowest BCUT2D eigenvalue weighted by Crippen LogP contribution is -2.32. The molecule has 1 saturated heterocycles. The van der Waals surface area contributed by atoms with Gasteiger partial charge in [0.1, 0.15) is 22.7 Å². The molecule has 0 spiro atoms. The Hall–Kier alpha value is -1.75. The Bertz CT molecular complexity index is 798. The second-order valence-electron chi connectivity index (χ2n) is 9.06. The van der Waals surface area contributed by atoms with Gasteiger partial charge < -0.3 is 19.0 Å². The van der Waals surface area contributed by atoms with E-state index in [-0.39, 0.29) is 16.7 Å². The van der Waals surface area contributed by atoms with E-state index in [4.69, 9.17) is 13.9 Å². The van der Waals surface area contributed by atoms with Crippen molar-refractivity contribution >= 4 is 0 Å². The molecule has 0 aromatic carbocycles. The summed E-state index contributed by atoms with van der Waals surface area (Å²) in [4.78, 5) is 12.9. The summed E-state index contributed by atoms with van der Waals surface area (Å²) in [5.74, 6) is 2.11. The van der Waals surface area contributed by atoms with Crippen molar-refractivity contribution in [1.82, 2.24) is 0 Å². The van der Waals surface area contributed by atoms with Crippen molar-refractivity contribution in [2.75, 3.05) is 13.2 Å². The number of ether oxygens (including phenoxy) is 2. The van der Waals surface area contributed by atoms with Crippen molar-refractivity contribution in [3.8, 4) is 5.75 Å². The SMILES string of the molecule is CCCC1(c2c(O)cc(CC3(CC4CCOCC4)CC3)oc2=O)CC=C(C)O1. The van der Waals surface area contributed by atoms with Crippen molar-refractivity contribution in [2.24, 2.45) is 11.3 Å². The van der Waals surface area contributed by atoms with Crippen LogP contribution in [0.1, 0.15) is 76.5 Å². The Morgan fingerprint density at radius 1 is 1.25 bits per heavy atom. The van der Waals surface area contributed by atoms with Crippen LogP contribution in [0.4, 0.5) is 0 Å². The minimum Gasteiger partial charge on any atom is -0.507 e. The quantitative estimate of drug-likeness (QED) is 0.726. The van der Waals surface area contributed by atoms with Crippen molar-refractivity contribution in [2.45, 2.75) is 77.2 Å². The van der Waals surface area contributed by atoms with Crippen LogP contribution < -0.4 is 5.63 Å². The molecule has 5 nitrogen and oxygen atoms in total. The molecule has 1 aromatic rings. The molecule has 1 aliphatic carbocycles. The van der Waals surface area contributed by atoms with Gasteiger partial charge in [0.15, 0.2) is 0 Å². The smallest absolute Gasteiger partial charge is 0.346 e. The van der Waals surface area contributed by atoms with E-state index in [1.54, 1.807) is 6.07 Å². The van der Waals surface area contributed by atoms with Gasteiger partial charge in [-0.15, -0.1) is 0 Å². The molecule has 4 rings (SSSR count). The number of allylic oxidation sites excluding steroid dienone is 1. The Morgan fingerprint density at radius 2 is 2.00 bits per heavy atom. The van der Waals surface area contributed by atoms with Gasteiger partial charge in [0, 0.05) is 32.1 Å². The first-order chi connectivity index (χ1) is 13.5. The zero-order chi connectivity index (χ0) is 19.8. The van der Waals surface area contributed by atoms with E-state index in [0.29, 0.717) is 24.5 Å². The van der Waals surface area contributed by atoms with Gasteiger partial charge in [-0.3, -0.25) is 0 Å². The summed E-state index contributed by atoms with van der Waals surface area (Å²) in [5, 5.41) is 10.8. The van der Waals surface area contributed by atoms with Crippen LogP contribution in [-0.2, 0) is 21.5 Å². The summed E-state index contributed by atoms with van der Waals surface area (Å²) < 4.78 is 17.2. The number of hydrogen-bond donors (Lipinski definition) is 1. The average Bonchev–Trinajstić information content (AvgIpc) is 3.28. The van der Waals surface area contributed by atoms with Crippen LogP contribution >= 0.6 is 0 Å². The van der Waals surface area contributed by atoms with E-state index < -0.39 is 11.2 Å². The molecule has 0 bridgehead atoms. The topological polar surface area (TPSA) is 68.9 Å². The standard InChI is InChI=1S/C23H32O5/c1-3-7-23(8-4-16(2)28-23)20-19(24)13-18(27-21(20)25)15-22(9-10-22)14-17-5-11-26-12-6-17/h4,13,17,24H,3,5-12,14-15H2,1-2H3. The molecular weight excluding hydrogens is 356 g/mol. The highest BCUT2D eigenvalue weighted by Gasteiger charge is 2.46. The summed E-state index contributed by atoms with van der Waals surface area (Å²) in [6.07, 6.45) is 10.6. The molecule has 1 N–H and O–H groups in total. The highest BCUT2D eigenvalue weighted by Crippen LogP contribution is 2.54. The molecule has 1 saturated carbocycles. The molecule has 154 valence electrons.